The maximum Gasteiger partial charge on any atom is 0.0540 e. The molecule has 0 saturated carbocycles. The summed E-state index contributed by atoms with van der Waals surface area (Å²) in [6.07, 6.45) is 10.5. The zero-order valence-corrected chi connectivity index (χ0v) is 42.8. The summed E-state index contributed by atoms with van der Waals surface area (Å²) in [7, 11) is 0. The Balaban J connectivity index is 0.860. The Morgan fingerprint density at radius 3 is 1.39 bits per heavy atom. The highest BCUT2D eigenvalue weighted by Crippen LogP contribution is 2.50. The van der Waals surface area contributed by atoms with Gasteiger partial charge in [0.25, 0.3) is 0 Å². The molecule has 1 atom stereocenters. The average Bonchev–Trinajstić information content (AvgIpc) is 3.84. The molecule has 76 heavy (non-hydrogen) atoms. The van der Waals surface area contributed by atoms with Gasteiger partial charge < -0.3 is 14.4 Å². The molecule has 362 valence electrons. The Morgan fingerprint density at radius 2 is 0.895 bits per heavy atom. The van der Waals surface area contributed by atoms with Gasteiger partial charge in [0.15, 0.2) is 0 Å². The fraction of sp³-hybridized carbons (Fsp3) is 0.0959. The Labute approximate surface area is 443 Å². The first-order chi connectivity index (χ1) is 37.5. The molecule has 12 aromatic rings. The molecule has 3 aliphatic rings. The molecule has 0 saturated heterocycles. The van der Waals surface area contributed by atoms with Crippen LogP contribution in [0.1, 0.15) is 44.6 Å². The number of anilines is 6. The van der Waals surface area contributed by atoms with Gasteiger partial charge >= 0.3 is 0 Å². The molecule has 2 heterocycles. The van der Waals surface area contributed by atoms with Crippen molar-refractivity contribution in [2.75, 3.05) is 9.80 Å². The highest BCUT2D eigenvalue weighted by molar-refractivity contribution is 6.07. The fourth-order valence-electron chi connectivity index (χ4n) is 13.3. The van der Waals surface area contributed by atoms with Crippen molar-refractivity contribution in [1.29, 1.82) is 0 Å². The second-order valence-electron chi connectivity index (χ2n) is 21.5. The summed E-state index contributed by atoms with van der Waals surface area (Å²) in [6, 6.07) is 87.6. The number of rotatable bonds is 8. The highest BCUT2D eigenvalue weighted by atomic mass is 15.2. The van der Waals surface area contributed by atoms with Gasteiger partial charge in [0.1, 0.15) is 0 Å². The lowest BCUT2D eigenvalue weighted by Crippen LogP contribution is -2.43. The van der Waals surface area contributed by atoms with Crippen molar-refractivity contribution in [2.24, 2.45) is 5.41 Å². The van der Waals surface area contributed by atoms with Gasteiger partial charge in [0, 0.05) is 60.6 Å². The van der Waals surface area contributed by atoms with Crippen LogP contribution in [0.15, 0.2) is 254 Å². The van der Waals surface area contributed by atoms with Crippen LogP contribution in [0.5, 0.6) is 0 Å². The number of allylic oxidation sites excluding steroid dienone is 4. The molecule has 0 spiro atoms. The number of aromatic nitrogens is 1. The maximum absolute atomic E-state index is 2.66. The third-order valence-electron chi connectivity index (χ3n) is 17.0. The van der Waals surface area contributed by atoms with Crippen molar-refractivity contribution >= 4 is 105 Å². The minimum absolute atomic E-state index is 0.115. The molecule has 11 aromatic carbocycles. The predicted octanol–water partition coefficient (Wildman–Crippen LogP) is 18.6. The monoisotopic (exact) mass is 973 g/mol. The molecule has 1 unspecified atom stereocenters. The summed E-state index contributed by atoms with van der Waals surface area (Å²) in [5.74, 6) is 0.199. The Hall–Kier alpha value is -9.18. The maximum atomic E-state index is 2.66. The van der Waals surface area contributed by atoms with Crippen molar-refractivity contribution in [3.05, 3.63) is 270 Å². The molecule has 3 nitrogen and oxygen atoms in total. The van der Waals surface area contributed by atoms with E-state index in [4.69, 9.17) is 0 Å². The van der Waals surface area contributed by atoms with E-state index in [1.54, 1.807) is 0 Å². The zero-order chi connectivity index (χ0) is 50.5. The summed E-state index contributed by atoms with van der Waals surface area (Å²) in [6.45, 7) is 4.95. The normalized spacial score (nSPS) is 15.6. The van der Waals surface area contributed by atoms with Gasteiger partial charge in [-0.3, -0.25) is 0 Å². The van der Waals surface area contributed by atoms with Crippen LogP contribution in [0, 0.1) is 5.41 Å². The summed E-state index contributed by atoms with van der Waals surface area (Å²) >= 11 is 0. The van der Waals surface area contributed by atoms with Gasteiger partial charge in [-0.05, 0) is 129 Å². The SMILES string of the molecule is CC1(C)C2=C(CCC=C2)n2c3c(c4cc(-c5ccc(N(c6cccc7ccccc67)c6cccc7ccccc67)cc5)ccc42)=CC(c2ccc(N(c4cccc5ccccc45)c4cccc5ccccc45)cc2)CC=31. The molecule has 15 rings (SSSR count). The lowest BCUT2D eigenvalue weighted by Gasteiger charge is -2.40. The number of fused-ring (bicyclic) bond motifs is 8. The Bertz CT molecular complexity index is 4350. The molecular weight excluding hydrogens is 919 g/mol. The van der Waals surface area contributed by atoms with E-state index in [0.717, 1.165) is 42.0 Å². The van der Waals surface area contributed by atoms with Gasteiger partial charge in [-0.15, -0.1) is 0 Å². The van der Waals surface area contributed by atoms with E-state index in [2.05, 4.69) is 283 Å². The predicted molar refractivity (Wildman–Crippen MR) is 323 cm³/mol. The fourth-order valence-corrected chi connectivity index (χ4v) is 13.3. The van der Waals surface area contributed by atoms with Crippen LogP contribution in [0.3, 0.4) is 0 Å². The number of hydrogen-bond acceptors (Lipinski definition) is 2. The Kier molecular flexibility index (Phi) is 10.2. The van der Waals surface area contributed by atoms with E-state index in [0.29, 0.717) is 0 Å². The molecule has 0 bridgehead atoms. The van der Waals surface area contributed by atoms with Gasteiger partial charge in [-0.25, -0.2) is 0 Å². The minimum atomic E-state index is -0.115. The van der Waals surface area contributed by atoms with Crippen molar-refractivity contribution in [3.63, 3.8) is 0 Å². The van der Waals surface area contributed by atoms with Crippen molar-refractivity contribution in [1.82, 2.24) is 4.57 Å². The largest absolute Gasteiger partial charge is 0.313 e. The lowest BCUT2D eigenvalue weighted by molar-refractivity contribution is 0.560. The number of hydrogen-bond donors (Lipinski definition) is 0. The molecular formula is C73H55N3. The van der Waals surface area contributed by atoms with E-state index in [9.17, 15) is 0 Å². The first kappa shape index (κ1) is 44.3. The van der Waals surface area contributed by atoms with Crippen LogP contribution >= 0.6 is 0 Å². The second kappa shape index (κ2) is 17.5. The summed E-state index contributed by atoms with van der Waals surface area (Å²) in [5, 5.41) is 13.9. The van der Waals surface area contributed by atoms with E-state index in [1.807, 2.05) is 0 Å². The Morgan fingerprint density at radius 1 is 0.447 bits per heavy atom. The van der Waals surface area contributed by atoms with Gasteiger partial charge in [0.2, 0.25) is 0 Å². The quantitative estimate of drug-likeness (QED) is 0.150. The zero-order valence-electron chi connectivity index (χ0n) is 42.8. The van der Waals surface area contributed by atoms with Gasteiger partial charge in [-0.2, -0.15) is 0 Å². The van der Waals surface area contributed by atoms with E-state index in [-0.39, 0.29) is 11.3 Å². The van der Waals surface area contributed by atoms with Crippen LogP contribution in [0.4, 0.5) is 34.1 Å². The molecule has 2 aliphatic carbocycles. The van der Waals surface area contributed by atoms with Crippen molar-refractivity contribution < 1.29 is 0 Å². The van der Waals surface area contributed by atoms with Crippen LogP contribution in [0.2, 0.25) is 0 Å². The van der Waals surface area contributed by atoms with Crippen molar-refractivity contribution in [3.8, 4) is 11.1 Å². The van der Waals surface area contributed by atoms with E-state index in [1.165, 1.54) is 109 Å². The van der Waals surface area contributed by atoms with Crippen molar-refractivity contribution in [2.45, 2.75) is 39.0 Å². The first-order valence-electron chi connectivity index (χ1n) is 27.0. The lowest BCUT2D eigenvalue weighted by atomic mass is 9.68. The smallest absolute Gasteiger partial charge is 0.0540 e. The third-order valence-corrected chi connectivity index (χ3v) is 17.0. The molecule has 1 aromatic heterocycles. The van der Waals surface area contributed by atoms with Crippen LogP contribution in [0.25, 0.3) is 82.5 Å². The summed E-state index contributed by atoms with van der Waals surface area (Å²) < 4.78 is 2.66. The molecule has 1 aliphatic heterocycles. The van der Waals surface area contributed by atoms with E-state index < -0.39 is 0 Å². The van der Waals surface area contributed by atoms with E-state index >= 15 is 0 Å². The van der Waals surface area contributed by atoms with Gasteiger partial charge in [0.05, 0.1) is 33.6 Å². The topological polar surface area (TPSA) is 11.4 Å². The van der Waals surface area contributed by atoms with Gasteiger partial charge in [-0.1, -0.05) is 208 Å². The number of nitrogens with zero attached hydrogens (tertiary/aromatic N) is 3. The number of benzene rings is 11. The third kappa shape index (κ3) is 6.96. The highest BCUT2D eigenvalue weighted by Gasteiger charge is 2.39. The molecule has 3 heteroatoms. The van der Waals surface area contributed by atoms with Crippen LogP contribution in [-0.4, -0.2) is 4.57 Å². The summed E-state index contributed by atoms with van der Waals surface area (Å²) in [4.78, 5) is 4.91. The molecule has 0 radical (unpaired) electrons. The minimum Gasteiger partial charge on any atom is -0.313 e. The van der Waals surface area contributed by atoms with Crippen LogP contribution in [-0.2, 0) is 0 Å². The van der Waals surface area contributed by atoms with Crippen LogP contribution < -0.4 is 20.4 Å². The summed E-state index contributed by atoms with van der Waals surface area (Å²) in [5.41, 5.74) is 16.3. The molecule has 0 amide bonds. The first-order valence-corrected chi connectivity index (χ1v) is 27.0. The second-order valence-corrected chi connectivity index (χ2v) is 21.5. The molecule has 0 fully saturated rings. The average molecular weight is 974 g/mol. The standard InChI is InChI=1S/C73H55N3/c1-73(2)64-29-11-12-30-71(64)76-70-44-39-54(48-35-40-56(41-36-48)74(66-31-13-21-50-17-3-7-25-58(50)66)67-32-14-22-51-18-4-8-26-59(51)67)45-62(70)63-46-55(47-65(73)72(63)76)49-37-42-57(43-38-49)75(68-33-15-23-52-19-5-9-27-60(52)68)69-34-16-24-53-20-6-10-28-61(53)69/h3-11,13-29,31-46,55H,12,30,47H2,1-2H3. The molecule has 0 N–H and O–H groups in total.